The highest BCUT2D eigenvalue weighted by atomic mass is 16.5. The first-order valence-corrected chi connectivity index (χ1v) is 7.69. The summed E-state index contributed by atoms with van der Waals surface area (Å²) in [6.45, 7) is 10.00. The maximum atomic E-state index is 5.82. The Morgan fingerprint density at radius 3 is 2.24 bits per heavy atom. The second-order valence-electron chi connectivity index (χ2n) is 5.38. The first-order chi connectivity index (χ1) is 10.2. The predicted octanol–water partition coefficient (Wildman–Crippen LogP) is 4.40. The summed E-state index contributed by atoms with van der Waals surface area (Å²) in [6.07, 6.45) is 0. The van der Waals surface area contributed by atoms with Crippen LogP contribution in [0.3, 0.4) is 0 Å². The number of aryl methyl sites for hydroxylation is 2. The van der Waals surface area contributed by atoms with Crippen molar-refractivity contribution in [1.82, 2.24) is 5.32 Å². The second kappa shape index (κ2) is 7.28. The van der Waals surface area contributed by atoms with Gasteiger partial charge in [0.05, 0.1) is 12.6 Å². The minimum atomic E-state index is 0.164. The Morgan fingerprint density at radius 1 is 0.952 bits per heavy atom. The zero-order chi connectivity index (χ0) is 15.2. The van der Waals surface area contributed by atoms with Crippen LogP contribution >= 0.6 is 0 Å². The van der Waals surface area contributed by atoms with E-state index >= 15 is 0 Å². The average molecular weight is 283 g/mol. The van der Waals surface area contributed by atoms with E-state index in [1.165, 1.54) is 22.3 Å². The van der Waals surface area contributed by atoms with E-state index in [0.29, 0.717) is 6.61 Å². The van der Waals surface area contributed by atoms with Crippen LogP contribution in [-0.4, -0.2) is 13.2 Å². The molecule has 0 aliphatic carbocycles. The van der Waals surface area contributed by atoms with Gasteiger partial charge in [0, 0.05) is 5.56 Å². The summed E-state index contributed by atoms with van der Waals surface area (Å²) in [7, 11) is 0. The lowest BCUT2D eigenvalue weighted by Crippen LogP contribution is -2.22. The first kappa shape index (κ1) is 15.6. The highest BCUT2D eigenvalue weighted by molar-refractivity contribution is 5.44. The van der Waals surface area contributed by atoms with Gasteiger partial charge in [0.25, 0.3) is 0 Å². The van der Waals surface area contributed by atoms with Gasteiger partial charge in [-0.05, 0) is 38.9 Å². The van der Waals surface area contributed by atoms with Crippen LogP contribution in [0.4, 0.5) is 0 Å². The van der Waals surface area contributed by atoms with Crippen molar-refractivity contribution in [1.29, 1.82) is 0 Å². The van der Waals surface area contributed by atoms with Crippen molar-refractivity contribution >= 4 is 0 Å². The largest absolute Gasteiger partial charge is 0.494 e. The number of rotatable bonds is 6. The Kier molecular flexibility index (Phi) is 5.40. The van der Waals surface area contributed by atoms with E-state index in [1.807, 2.05) is 6.92 Å². The summed E-state index contributed by atoms with van der Waals surface area (Å²) < 4.78 is 5.82. The van der Waals surface area contributed by atoms with Crippen LogP contribution < -0.4 is 10.1 Å². The van der Waals surface area contributed by atoms with E-state index in [1.54, 1.807) is 0 Å². The SMILES string of the molecule is CCNC(c1ccc(C)cc1)c1cc(C)ccc1OCC. The normalized spacial score (nSPS) is 12.2. The molecule has 0 aliphatic heterocycles. The maximum absolute atomic E-state index is 5.82. The molecule has 0 saturated heterocycles. The Bertz CT molecular complexity index is 575. The third-order valence-electron chi connectivity index (χ3n) is 3.60. The molecule has 0 spiro atoms. The van der Waals surface area contributed by atoms with Crippen LogP contribution in [-0.2, 0) is 0 Å². The fraction of sp³-hybridized carbons (Fsp3) is 0.368. The van der Waals surface area contributed by atoms with E-state index < -0.39 is 0 Å². The van der Waals surface area contributed by atoms with Crippen LogP contribution in [0.25, 0.3) is 0 Å². The third kappa shape index (κ3) is 3.85. The molecular weight excluding hydrogens is 258 g/mol. The minimum Gasteiger partial charge on any atom is -0.494 e. The van der Waals surface area contributed by atoms with Gasteiger partial charge in [-0.25, -0.2) is 0 Å². The van der Waals surface area contributed by atoms with Gasteiger partial charge in [-0.3, -0.25) is 0 Å². The Labute approximate surface area is 128 Å². The molecule has 0 amide bonds. The zero-order valence-corrected chi connectivity index (χ0v) is 13.4. The number of nitrogens with one attached hydrogen (secondary N) is 1. The van der Waals surface area contributed by atoms with Gasteiger partial charge in [0.1, 0.15) is 5.75 Å². The summed E-state index contributed by atoms with van der Waals surface area (Å²) in [6, 6.07) is 15.3. The highest BCUT2D eigenvalue weighted by Gasteiger charge is 2.17. The Balaban J connectivity index is 2.46. The molecule has 0 aliphatic rings. The van der Waals surface area contributed by atoms with Crippen molar-refractivity contribution in [3.63, 3.8) is 0 Å². The topological polar surface area (TPSA) is 21.3 Å². The van der Waals surface area contributed by atoms with Gasteiger partial charge in [0.15, 0.2) is 0 Å². The Morgan fingerprint density at radius 2 is 1.62 bits per heavy atom. The quantitative estimate of drug-likeness (QED) is 0.848. The van der Waals surface area contributed by atoms with E-state index in [4.69, 9.17) is 4.74 Å². The standard InChI is InChI=1S/C19H25NO/c1-5-20-19(16-10-7-14(3)8-11-16)17-13-15(4)9-12-18(17)21-6-2/h7-13,19-20H,5-6H2,1-4H3. The van der Waals surface area contributed by atoms with Crippen molar-refractivity contribution in [3.05, 3.63) is 64.7 Å². The van der Waals surface area contributed by atoms with Gasteiger partial charge >= 0.3 is 0 Å². The summed E-state index contributed by atoms with van der Waals surface area (Å²) in [5.41, 5.74) is 5.02. The van der Waals surface area contributed by atoms with E-state index in [2.05, 4.69) is 68.6 Å². The molecule has 0 heterocycles. The molecule has 21 heavy (non-hydrogen) atoms. The smallest absolute Gasteiger partial charge is 0.124 e. The molecule has 1 N–H and O–H groups in total. The van der Waals surface area contributed by atoms with Crippen LogP contribution in [0.2, 0.25) is 0 Å². The first-order valence-electron chi connectivity index (χ1n) is 7.69. The molecular formula is C19H25NO. The van der Waals surface area contributed by atoms with Crippen LogP contribution in [0.5, 0.6) is 5.75 Å². The molecule has 2 rings (SSSR count). The molecule has 0 fully saturated rings. The number of hydrogen-bond acceptors (Lipinski definition) is 2. The van der Waals surface area contributed by atoms with Gasteiger partial charge < -0.3 is 10.1 Å². The fourth-order valence-corrected chi connectivity index (χ4v) is 2.55. The molecule has 112 valence electrons. The summed E-state index contributed by atoms with van der Waals surface area (Å²) in [5, 5.41) is 3.58. The molecule has 0 saturated carbocycles. The number of hydrogen-bond donors (Lipinski definition) is 1. The molecule has 0 aromatic heterocycles. The summed E-state index contributed by atoms with van der Waals surface area (Å²) in [4.78, 5) is 0. The van der Waals surface area contributed by atoms with Crippen LogP contribution in [0.15, 0.2) is 42.5 Å². The van der Waals surface area contributed by atoms with Crippen LogP contribution in [0.1, 0.15) is 42.1 Å². The lowest BCUT2D eigenvalue weighted by Gasteiger charge is -2.22. The van der Waals surface area contributed by atoms with Crippen molar-refractivity contribution in [2.24, 2.45) is 0 Å². The van der Waals surface area contributed by atoms with E-state index in [0.717, 1.165) is 12.3 Å². The third-order valence-corrected chi connectivity index (χ3v) is 3.60. The van der Waals surface area contributed by atoms with Gasteiger partial charge in [-0.1, -0.05) is 54.4 Å². The van der Waals surface area contributed by atoms with E-state index in [9.17, 15) is 0 Å². The van der Waals surface area contributed by atoms with Crippen molar-refractivity contribution < 1.29 is 4.74 Å². The van der Waals surface area contributed by atoms with Crippen molar-refractivity contribution in [3.8, 4) is 5.75 Å². The van der Waals surface area contributed by atoms with Crippen molar-refractivity contribution in [2.75, 3.05) is 13.2 Å². The zero-order valence-electron chi connectivity index (χ0n) is 13.4. The fourth-order valence-electron chi connectivity index (χ4n) is 2.55. The maximum Gasteiger partial charge on any atom is 0.124 e. The van der Waals surface area contributed by atoms with Gasteiger partial charge in [0.2, 0.25) is 0 Å². The van der Waals surface area contributed by atoms with Gasteiger partial charge in [-0.15, -0.1) is 0 Å². The minimum absolute atomic E-state index is 0.164. The molecule has 2 heteroatoms. The molecule has 0 bridgehead atoms. The second-order valence-corrected chi connectivity index (χ2v) is 5.38. The molecule has 1 atom stereocenters. The number of ether oxygens (including phenoxy) is 1. The lowest BCUT2D eigenvalue weighted by atomic mass is 9.95. The lowest BCUT2D eigenvalue weighted by molar-refractivity contribution is 0.333. The monoisotopic (exact) mass is 283 g/mol. The van der Waals surface area contributed by atoms with Crippen molar-refractivity contribution in [2.45, 2.75) is 33.7 Å². The molecule has 0 radical (unpaired) electrons. The molecule has 2 nitrogen and oxygen atoms in total. The highest BCUT2D eigenvalue weighted by Crippen LogP contribution is 2.31. The predicted molar refractivity (Wildman–Crippen MR) is 89.0 cm³/mol. The van der Waals surface area contributed by atoms with Gasteiger partial charge in [-0.2, -0.15) is 0 Å². The Hall–Kier alpha value is -1.80. The molecule has 1 unspecified atom stereocenters. The average Bonchev–Trinajstić information content (AvgIpc) is 2.48. The molecule has 2 aromatic carbocycles. The number of benzene rings is 2. The molecule has 2 aromatic rings. The van der Waals surface area contributed by atoms with E-state index in [-0.39, 0.29) is 6.04 Å². The summed E-state index contributed by atoms with van der Waals surface area (Å²) in [5.74, 6) is 0.967. The summed E-state index contributed by atoms with van der Waals surface area (Å²) >= 11 is 0. The van der Waals surface area contributed by atoms with Crippen LogP contribution in [0, 0.1) is 13.8 Å².